The molecule has 0 spiro atoms. The number of fused-ring (bicyclic) bond motifs is 1. The van der Waals surface area contributed by atoms with E-state index in [1.807, 2.05) is 18.2 Å². The van der Waals surface area contributed by atoms with Crippen LogP contribution >= 0.6 is 11.3 Å². The van der Waals surface area contributed by atoms with Crippen LogP contribution in [0.1, 0.15) is 44.0 Å². The predicted molar refractivity (Wildman–Crippen MR) is 114 cm³/mol. The molecule has 4 rings (SSSR count). The summed E-state index contributed by atoms with van der Waals surface area (Å²) < 4.78 is 5.39. The molecule has 2 amide bonds. The van der Waals surface area contributed by atoms with Crippen molar-refractivity contribution in [3.63, 3.8) is 0 Å². The molecule has 1 aliphatic carbocycles. The highest BCUT2D eigenvalue weighted by Crippen LogP contribution is 2.38. The van der Waals surface area contributed by atoms with Crippen LogP contribution in [0.2, 0.25) is 0 Å². The van der Waals surface area contributed by atoms with Gasteiger partial charge >= 0.3 is 0 Å². The van der Waals surface area contributed by atoms with Gasteiger partial charge < -0.3 is 20.3 Å². The van der Waals surface area contributed by atoms with Crippen LogP contribution in [0, 0.1) is 0 Å². The molecule has 1 saturated heterocycles. The Bertz CT molecular complexity index is 860. The topological polar surface area (TPSA) is 71.9 Å². The highest BCUT2D eigenvalue weighted by molar-refractivity contribution is 7.17. The Morgan fingerprint density at radius 1 is 1.03 bits per heavy atom. The molecule has 1 fully saturated rings. The Morgan fingerprint density at radius 3 is 2.59 bits per heavy atom. The third-order valence-corrected chi connectivity index (χ3v) is 6.83. The molecule has 0 unspecified atom stereocenters. The van der Waals surface area contributed by atoms with Gasteiger partial charge in [-0.05, 0) is 43.4 Å². The SMILES string of the molecule is O=C(Nc1sc2c(c1C(=O)NCC[NH+]1CCOCC1)CCCC2)c1ccccc1. The van der Waals surface area contributed by atoms with Gasteiger partial charge in [-0.2, -0.15) is 0 Å². The van der Waals surface area contributed by atoms with E-state index in [4.69, 9.17) is 4.74 Å². The minimum absolute atomic E-state index is 0.0691. The largest absolute Gasteiger partial charge is 0.370 e. The number of nitrogens with one attached hydrogen (secondary N) is 3. The zero-order chi connectivity index (χ0) is 20.1. The van der Waals surface area contributed by atoms with Crippen molar-refractivity contribution in [3.8, 4) is 0 Å². The molecule has 7 heteroatoms. The van der Waals surface area contributed by atoms with Crippen molar-refractivity contribution in [1.82, 2.24) is 5.32 Å². The van der Waals surface area contributed by atoms with Crippen LogP contribution in [-0.2, 0) is 17.6 Å². The summed E-state index contributed by atoms with van der Waals surface area (Å²) in [5, 5.41) is 6.77. The molecule has 1 aliphatic heterocycles. The van der Waals surface area contributed by atoms with E-state index < -0.39 is 0 Å². The van der Waals surface area contributed by atoms with Crippen LogP contribution in [0.3, 0.4) is 0 Å². The van der Waals surface area contributed by atoms with Gasteiger partial charge in [0.2, 0.25) is 0 Å². The molecule has 1 aromatic heterocycles. The molecule has 0 bridgehead atoms. The van der Waals surface area contributed by atoms with Crippen LogP contribution in [-0.4, -0.2) is 51.2 Å². The van der Waals surface area contributed by atoms with E-state index in [0.717, 1.165) is 64.1 Å². The Kier molecular flexibility index (Phi) is 6.59. The number of aryl methyl sites for hydroxylation is 1. The summed E-state index contributed by atoms with van der Waals surface area (Å²) in [5.74, 6) is -0.239. The van der Waals surface area contributed by atoms with Gasteiger partial charge in [0.15, 0.2) is 0 Å². The molecule has 1 aromatic carbocycles. The first-order valence-electron chi connectivity index (χ1n) is 10.4. The average Bonchev–Trinajstić information content (AvgIpc) is 3.13. The van der Waals surface area contributed by atoms with Gasteiger partial charge in [-0.3, -0.25) is 9.59 Å². The lowest BCUT2D eigenvalue weighted by atomic mass is 9.95. The molecular weight excluding hydrogens is 386 g/mol. The lowest BCUT2D eigenvalue weighted by molar-refractivity contribution is -0.906. The number of quaternary nitrogens is 1. The first-order chi connectivity index (χ1) is 14.2. The number of carbonyl (C=O) groups is 2. The van der Waals surface area contributed by atoms with Crippen molar-refractivity contribution in [2.45, 2.75) is 25.7 Å². The van der Waals surface area contributed by atoms with Crippen molar-refractivity contribution < 1.29 is 19.2 Å². The minimum Gasteiger partial charge on any atom is -0.370 e. The highest BCUT2D eigenvalue weighted by atomic mass is 32.1. The Morgan fingerprint density at radius 2 is 1.79 bits per heavy atom. The third-order valence-electron chi connectivity index (χ3n) is 5.63. The summed E-state index contributed by atoms with van der Waals surface area (Å²) >= 11 is 1.56. The van der Waals surface area contributed by atoms with Gasteiger partial charge in [0, 0.05) is 10.4 Å². The summed E-state index contributed by atoms with van der Waals surface area (Å²) in [6.45, 7) is 5.08. The first-order valence-corrected chi connectivity index (χ1v) is 11.2. The van der Waals surface area contributed by atoms with Crippen molar-refractivity contribution in [3.05, 3.63) is 51.9 Å². The maximum absolute atomic E-state index is 13.1. The highest BCUT2D eigenvalue weighted by Gasteiger charge is 2.26. The fourth-order valence-corrected chi connectivity index (χ4v) is 5.29. The second kappa shape index (κ2) is 9.52. The predicted octanol–water partition coefficient (Wildman–Crippen LogP) is 1.52. The Labute approximate surface area is 175 Å². The number of hydrogen-bond acceptors (Lipinski definition) is 4. The number of thiophene rings is 1. The van der Waals surface area contributed by atoms with Crippen LogP contribution < -0.4 is 15.5 Å². The molecule has 2 heterocycles. The molecule has 3 N–H and O–H groups in total. The van der Waals surface area contributed by atoms with E-state index in [2.05, 4.69) is 10.6 Å². The summed E-state index contributed by atoms with van der Waals surface area (Å²) in [4.78, 5) is 28.4. The zero-order valence-electron chi connectivity index (χ0n) is 16.6. The maximum atomic E-state index is 13.1. The smallest absolute Gasteiger partial charge is 0.256 e. The lowest BCUT2D eigenvalue weighted by Crippen LogP contribution is -3.14. The number of anilines is 1. The van der Waals surface area contributed by atoms with Crippen LogP contribution in [0.15, 0.2) is 30.3 Å². The van der Waals surface area contributed by atoms with Gasteiger partial charge in [0.1, 0.15) is 18.1 Å². The van der Waals surface area contributed by atoms with Crippen LogP contribution in [0.5, 0.6) is 0 Å². The van der Waals surface area contributed by atoms with Crippen molar-refractivity contribution in [2.24, 2.45) is 0 Å². The second-order valence-corrected chi connectivity index (χ2v) is 8.71. The summed E-state index contributed by atoms with van der Waals surface area (Å²) in [5.41, 5.74) is 2.40. The Balaban J connectivity index is 1.47. The first kappa shape index (κ1) is 20.1. The van der Waals surface area contributed by atoms with E-state index in [1.165, 1.54) is 9.78 Å². The lowest BCUT2D eigenvalue weighted by Gasteiger charge is -2.23. The monoisotopic (exact) mass is 414 g/mol. The van der Waals surface area contributed by atoms with Crippen molar-refractivity contribution in [2.75, 3.05) is 44.7 Å². The second-order valence-electron chi connectivity index (χ2n) is 7.60. The minimum atomic E-state index is -0.170. The van der Waals surface area contributed by atoms with Gasteiger partial charge in [0.05, 0.1) is 31.9 Å². The number of morpholine rings is 1. The van der Waals surface area contributed by atoms with Crippen molar-refractivity contribution >= 4 is 28.2 Å². The summed E-state index contributed by atoms with van der Waals surface area (Å²) in [6.07, 6.45) is 4.12. The standard InChI is InChI=1S/C22H27N3O3S/c26-20(16-6-2-1-3-7-16)24-22-19(17-8-4-5-9-18(17)29-22)21(27)23-10-11-25-12-14-28-15-13-25/h1-3,6-7H,4-5,8-15H2,(H,23,27)(H,24,26)/p+1. The number of hydrogen-bond donors (Lipinski definition) is 3. The number of benzene rings is 1. The van der Waals surface area contributed by atoms with E-state index in [1.54, 1.807) is 23.5 Å². The van der Waals surface area contributed by atoms with Gasteiger partial charge in [-0.25, -0.2) is 0 Å². The molecule has 2 aliphatic rings. The third kappa shape index (κ3) is 4.86. The Hall–Kier alpha value is -2.22. The molecular formula is C22H28N3O3S+. The number of carbonyl (C=O) groups excluding carboxylic acids is 2. The van der Waals surface area contributed by atoms with Gasteiger partial charge in [-0.15, -0.1) is 11.3 Å². The maximum Gasteiger partial charge on any atom is 0.256 e. The quantitative estimate of drug-likeness (QED) is 0.671. The van der Waals surface area contributed by atoms with Crippen molar-refractivity contribution in [1.29, 1.82) is 0 Å². The fraction of sp³-hybridized carbons (Fsp3) is 0.455. The number of ether oxygens (including phenoxy) is 1. The molecule has 29 heavy (non-hydrogen) atoms. The van der Waals surface area contributed by atoms with E-state index in [-0.39, 0.29) is 11.8 Å². The summed E-state index contributed by atoms with van der Waals surface area (Å²) in [7, 11) is 0. The molecule has 154 valence electrons. The van der Waals surface area contributed by atoms with E-state index >= 15 is 0 Å². The van der Waals surface area contributed by atoms with Gasteiger partial charge in [0.25, 0.3) is 11.8 Å². The van der Waals surface area contributed by atoms with Gasteiger partial charge in [-0.1, -0.05) is 18.2 Å². The number of amides is 2. The van der Waals surface area contributed by atoms with Crippen LogP contribution in [0.4, 0.5) is 5.00 Å². The summed E-state index contributed by atoms with van der Waals surface area (Å²) in [6, 6.07) is 9.14. The fourth-order valence-electron chi connectivity index (χ4n) is 4.01. The average molecular weight is 415 g/mol. The molecule has 0 radical (unpaired) electrons. The normalized spacial score (nSPS) is 16.8. The number of rotatable bonds is 6. The zero-order valence-corrected chi connectivity index (χ0v) is 17.4. The van der Waals surface area contributed by atoms with E-state index in [0.29, 0.717) is 22.7 Å². The molecule has 0 atom stereocenters. The van der Waals surface area contributed by atoms with E-state index in [9.17, 15) is 9.59 Å². The molecule has 2 aromatic rings. The van der Waals surface area contributed by atoms with Crippen LogP contribution in [0.25, 0.3) is 0 Å². The molecule has 6 nitrogen and oxygen atoms in total. The molecule has 0 saturated carbocycles.